The summed E-state index contributed by atoms with van der Waals surface area (Å²) >= 11 is 5.49. The van der Waals surface area contributed by atoms with Gasteiger partial charge in [0.15, 0.2) is 0 Å². The molecule has 0 spiro atoms. The van der Waals surface area contributed by atoms with Crippen molar-refractivity contribution >= 4 is 87.6 Å². The SMILES string of the molecule is C=CC(CCCCCCC)Oc1ccc(-c2[nH]/c(=C(\C#N)c3nc4ccccc4s3)c3c(-c4ccc(OCC(I)CCCCCCCC)cc4)[nH]/c(=C(/C#N)c4nc5ccccc5s4)c23)cc1. The van der Waals surface area contributed by atoms with Gasteiger partial charge in [-0.3, -0.25) is 0 Å². The molecule has 2 atom stereocenters. The van der Waals surface area contributed by atoms with Crippen LogP contribution in [-0.4, -0.2) is 36.6 Å². The highest BCUT2D eigenvalue weighted by molar-refractivity contribution is 14.1. The van der Waals surface area contributed by atoms with Crippen LogP contribution in [0.3, 0.4) is 0 Å². The molecule has 0 saturated carbocycles. The Kier molecular flexibility index (Phi) is 16.6. The molecule has 67 heavy (non-hydrogen) atoms. The van der Waals surface area contributed by atoms with Crippen LogP contribution < -0.4 is 20.2 Å². The molecule has 0 saturated heterocycles. The Morgan fingerprint density at radius 3 is 1.58 bits per heavy atom. The first-order valence-corrected chi connectivity index (χ1v) is 26.6. The van der Waals surface area contributed by atoms with Gasteiger partial charge < -0.3 is 19.4 Å². The molecule has 342 valence electrons. The number of nitrogens with zero attached hydrogens (tertiary/aromatic N) is 4. The number of ether oxygens (including phenoxy) is 2. The van der Waals surface area contributed by atoms with Gasteiger partial charge >= 0.3 is 0 Å². The van der Waals surface area contributed by atoms with Crippen LogP contribution in [-0.2, 0) is 0 Å². The fourth-order valence-corrected chi connectivity index (χ4v) is 11.2. The number of halogens is 1. The van der Waals surface area contributed by atoms with E-state index < -0.39 is 0 Å². The van der Waals surface area contributed by atoms with E-state index in [1.165, 1.54) is 86.9 Å². The van der Waals surface area contributed by atoms with E-state index in [0.29, 0.717) is 42.4 Å². The van der Waals surface area contributed by atoms with Gasteiger partial charge in [-0.15, -0.1) is 22.7 Å². The number of para-hydroxylation sites is 2. The highest BCUT2D eigenvalue weighted by Crippen LogP contribution is 2.35. The van der Waals surface area contributed by atoms with Gasteiger partial charge in [0.05, 0.1) is 49.1 Å². The van der Waals surface area contributed by atoms with E-state index in [1.54, 1.807) is 0 Å². The summed E-state index contributed by atoms with van der Waals surface area (Å²) in [5.74, 6) is 1.54. The van der Waals surface area contributed by atoms with Crippen LogP contribution >= 0.6 is 45.3 Å². The predicted molar refractivity (Wildman–Crippen MR) is 288 cm³/mol. The lowest BCUT2D eigenvalue weighted by Gasteiger charge is -2.15. The number of fused-ring (bicyclic) bond motifs is 3. The van der Waals surface area contributed by atoms with Crippen LogP contribution in [0.4, 0.5) is 0 Å². The summed E-state index contributed by atoms with van der Waals surface area (Å²) in [5.41, 5.74) is 5.75. The van der Waals surface area contributed by atoms with E-state index in [2.05, 4.69) is 77.3 Å². The van der Waals surface area contributed by atoms with Crippen molar-refractivity contribution in [2.24, 2.45) is 0 Å². The number of hydrogen-bond donors (Lipinski definition) is 2. The lowest BCUT2D eigenvalue weighted by Crippen LogP contribution is -2.13. The molecule has 0 amide bonds. The third kappa shape index (κ3) is 11.4. The highest BCUT2D eigenvalue weighted by atomic mass is 127. The Balaban J connectivity index is 1.26. The fraction of sp³-hybridized carbons (Fsp3) is 0.321. The summed E-state index contributed by atoms with van der Waals surface area (Å²) in [6.45, 7) is 9.19. The quantitative estimate of drug-likeness (QED) is 0.0285. The van der Waals surface area contributed by atoms with E-state index in [-0.39, 0.29) is 6.10 Å². The molecule has 8 rings (SSSR count). The van der Waals surface area contributed by atoms with Gasteiger partial charge in [-0.1, -0.05) is 138 Å². The Hall–Kier alpha value is -5.73. The smallest absolute Gasteiger partial charge is 0.137 e. The van der Waals surface area contributed by atoms with Gasteiger partial charge in [0, 0.05) is 14.7 Å². The van der Waals surface area contributed by atoms with Crippen molar-refractivity contribution in [3.05, 3.63) is 130 Å². The number of aromatic amines is 2. The Labute approximate surface area is 415 Å². The lowest BCUT2D eigenvalue weighted by atomic mass is 10.0. The molecule has 8 nitrogen and oxygen atoms in total. The van der Waals surface area contributed by atoms with Crippen molar-refractivity contribution in [1.29, 1.82) is 10.5 Å². The van der Waals surface area contributed by atoms with Gasteiger partial charge in [0.1, 0.15) is 50.9 Å². The van der Waals surface area contributed by atoms with Crippen LogP contribution in [0, 0.1) is 22.7 Å². The standard InChI is InChI=1S/C56H57IN6O2S2/c1-4-7-9-11-13-14-20-39(57)36-64-41-30-26-37(27-31-41)51-49-50(54(62-51)44(35-59)56-61-46-23-17-19-25-48(46)67-56)52(63-53(49)43(34-58)55-60-45-22-16-18-24-47(45)66-55)38-28-32-42(33-29-38)65-40(6-3)21-15-12-10-8-5-2/h6,16-19,22-33,39-40,62-63H,3-5,7-15,20-21,36H2,1-2H3/b53-43+,54-44-. The van der Waals surface area contributed by atoms with E-state index in [1.807, 2.05) is 91.0 Å². The third-order valence-electron chi connectivity index (χ3n) is 12.2. The zero-order chi connectivity index (χ0) is 46.5. The molecule has 11 heteroatoms. The van der Waals surface area contributed by atoms with Crippen molar-refractivity contribution in [3.63, 3.8) is 0 Å². The average Bonchev–Trinajstić information content (AvgIpc) is 4.16. The van der Waals surface area contributed by atoms with Gasteiger partial charge in [-0.2, -0.15) is 10.5 Å². The molecule has 0 bridgehead atoms. The van der Waals surface area contributed by atoms with Crippen LogP contribution in [0.1, 0.15) is 107 Å². The van der Waals surface area contributed by atoms with Gasteiger partial charge in [-0.25, -0.2) is 9.97 Å². The fourth-order valence-electron chi connectivity index (χ4n) is 8.62. The molecule has 2 unspecified atom stereocenters. The number of aromatic nitrogens is 4. The van der Waals surface area contributed by atoms with Crippen LogP contribution in [0.5, 0.6) is 11.5 Å². The van der Waals surface area contributed by atoms with Crippen molar-refractivity contribution in [3.8, 4) is 46.2 Å². The molecule has 4 aromatic heterocycles. The zero-order valence-corrected chi connectivity index (χ0v) is 42.2. The molecule has 4 heterocycles. The van der Waals surface area contributed by atoms with Crippen molar-refractivity contribution in [2.45, 2.75) is 107 Å². The van der Waals surface area contributed by atoms with E-state index in [4.69, 9.17) is 19.4 Å². The summed E-state index contributed by atoms with van der Waals surface area (Å²) in [4.78, 5) is 17.4. The Morgan fingerprint density at radius 1 is 0.642 bits per heavy atom. The van der Waals surface area contributed by atoms with E-state index in [0.717, 1.165) is 84.5 Å². The molecular weight excluding hydrogens is 980 g/mol. The molecule has 0 aliphatic carbocycles. The lowest BCUT2D eigenvalue weighted by molar-refractivity contribution is 0.234. The summed E-state index contributed by atoms with van der Waals surface area (Å²) in [6.07, 6.45) is 17.5. The number of nitrogens with one attached hydrogen (secondary N) is 2. The van der Waals surface area contributed by atoms with Crippen LogP contribution in [0.2, 0.25) is 0 Å². The minimum atomic E-state index is -0.0943. The molecule has 0 fully saturated rings. The van der Waals surface area contributed by atoms with Gasteiger partial charge in [0.25, 0.3) is 0 Å². The normalized spacial score (nSPS) is 13.3. The third-order valence-corrected chi connectivity index (χ3v) is 15.3. The number of alkyl halides is 1. The van der Waals surface area contributed by atoms with Crippen molar-refractivity contribution in [1.82, 2.24) is 19.9 Å². The first-order valence-electron chi connectivity index (χ1n) is 23.7. The topological polar surface area (TPSA) is 123 Å². The molecule has 2 N–H and O–H groups in total. The summed E-state index contributed by atoms with van der Waals surface area (Å²) in [6, 6.07) is 37.1. The monoisotopic (exact) mass is 1040 g/mol. The van der Waals surface area contributed by atoms with Crippen LogP contribution in [0.15, 0.2) is 110 Å². The molecule has 0 aliphatic rings. The Morgan fingerprint density at radius 2 is 1.10 bits per heavy atom. The maximum atomic E-state index is 11.1. The number of nitriles is 2. The van der Waals surface area contributed by atoms with Crippen LogP contribution in [0.25, 0.3) is 64.9 Å². The van der Waals surface area contributed by atoms with Gasteiger partial charge in [0.2, 0.25) is 0 Å². The van der Waals surface area contributed by atoms with Crippen molar-refractivity contribution < 1.29 is 9.47 Å². The maximum Gasteiger partial charge on any atom is 0.137 e. The van der Waals surface area contributed by atoms with Crippen molar-refractivity contribution in [2.75, 3.05) is 6.61 Å². The highest BCUT2D eigenvalue weighted by Gasteiger charge is 2.24. The first-order chi connectivity index (χ1) is 32.9. The molecule has 0 radical (unpaired) electrons. The number of unbranched alkanes of at least 4 members (excludes halogenated alkanes) is 9. The predicted octanol–water partition coefficient (Wildman–Crippen LogP) is 14.7. The second-order valence-electron chi connectivity index (χ2n) is 17.1. The first kappa shape index (κ1) is 47.8. The molecule has 0 aliphatic heterocycles. The second kappa shape index (κ2) is 23.3. The molecular formula is C56H57IN6O2S2. The van der Waals surface area contributed by atoms with Gasteiger partial charge in [-0.05, 0) is 103 Å². The minimum absolute atomic E-state index is 0.0943. The molecule has 8 aromatic rings. The number of thiazole rings is 2. The number of benzene rings is 4. The average molecular weight is 1040 g/mol. The number of H-pyrrole nitrogens is 2. The summed E-state index contributed by atoms with van der Waals surface area (Å²) in [5, 5.41) is 26.2. The number of hydrogen-bond acceptors (Lipinski definition) is 8. The maximum absolute atomic E-state index is 11.1. The second-order valence-corrected chi connectivity index (χ2v) is 20.9. The van der Waals surface area contributed by atoms with E-state index >= 15 is 0 Å². The minimum Gasteiger partial charge on any atom is -0.493 e. The summed E-state index contributed by atoms with van der Waals surface area (Å²) in [7, 11) is 0. The largest absolute Gasteiger partial charge is 0.493 e. The molecule has 4 aromatic carbocycles. The summed E-state index contributed by atoms with van der Waals surface area (Å²) < 4.78 is 15.2. The number of rotatable bonds is 23. The van der Waals surface area contributed by atoms with E-state index in [9.17, 15) is 10.5 Å². The zero-order valence-electron chi connectivity index (χ0n) is 38.4. The Bertz CT molecular complexity index is 2990.